The summed E-state index contributed by atoms with van der Waals surface area (Å²) < 4.78 is 0. The van der Waals surface area contributed by atoms with Gasteiger partial charge in [-0.15, -0.1) is 12.4 Å². The molecule has 0 amide bonds. The molecule has 0 unspecified atom stereocenters. The van der Waals surface area contributed by atoms with Crippen molar-refractivity contribution in [2.75, 3.05) is 13.1 Å². The summed E-state index contributed by atoms with van der Waals surface area (Å²) in [7, 11) is 0. The second kappa shape index (κ2) is 5.79. The fourth-order valence-corrected chi connectivity index (χ4v) is 1.74. The van der Waals surface area contributed by atoms with E-state index in [1.807, 2.05) is 0 Å². The van der Waals surface area contributed by atoms with E-state index in [1.165, 1.54) is 5.56 Å². The van der Waals surface area contributed by atoms with E-state index < -0.39 is 0 Å². The van der Waals surface area contributed by atoms with Gasteiger partial charge < -0.3 is 5.01 Å². The first-order valence-electron chi connectivity index (χ1n) is 5.12. The third-order valence-electron chi connectivity index (χ3n) is 2.49. The van der Waals surface area contributed by atoms with Crippen molar-refractivity contribution in [1.29, 1.82) is 0 Å². The fraction of sp³-hybridized carbons (Fsp3) is 0.333. The Bertz CT molecular complexity index is 311. The van der Waals surface area contributed by atoms with Crippen LogP contribution in [0.1, 0.15) is 12.5 Å². The minimum atomic E-state index is 0. The number of hydrazine groups is 1. The highest BCUT2D eigenvalue weighted by atomic mass is 35.5. The van der Waals surface area contributed by atoms with Crippen LogP contribution in [0.5, 0.6) is 0 Å². The Hall–Kier alpha value is -0.990. The zero-order valence-corrected chi connectivity index (χ0v) is 9.78. The molecule has 1 aliphatic rings. The predicted molar refractivity (Wildman–Crippen MR) is 65.6 cm³/mol. The van der Waals surface area contributed by atoms with Crippen LogP contribution in [-0.2, 0) is 6.54 Å². The van der Waals surface area contributed by atoms with Crippen molar-refractivity contribution in [1.82, 2.24) is 10.0 Å². The number of halogens is 1. The first kappa shape index (κ1) is 12.1. The zero-order valence-electron chi connectivity index (χ0n) is 8.97. The second-order valence-electron chi connectivity index (χ2n) is 3.47. The third kappa shape index (κ3) is 2.98. The highest BCUT2D eigenvalue weighted by Crippen LogP contribution is 2.12. The Morgan fingerprint density at radius 2 is 1.93 bits per heavy atom. The molecule has 1 heterocycles. The van der Waals surface area contributed by atoms with Gasteiger partial charge in [-0.2, -0.15) is 0 Å². The largest absolute Gasteiger partial charge is 0.313 e. The smallest absolute Gasteiger partial charge is 0.0435 e. The standard InChI is InChI=1S/C12H16N2.ClH/c1-2-13-9-6-10-14(13)11-12-7-4-3-5-8-12;/h3-9H,2,10-11H2,1H3;1H. The molecule has 15 heavy (non-hydrogen) atoms. The molecule has 0 radical (unpaired) electrons. The SMILES string of the molecule is CCN1C=CCN1Cc1ccccc1.Cl. The molecule has 0 aromatic heterocycles. The van der Waals surface area contributed by atoms with Crippen LogP contribution < -0.4 is 0 Å². The average Bonchev–Trinajstić information content (AvgIpc) is 2.67. The molecule has 0 aliphatic carbocycles. The van der Waals surface area contributed by atoms with Crippen LogP contribution in [0.3, 0.4) is 0 Å². The predicted octanol–water partition coefficient (Wildman–Crippen LogP) is 2.67. The van der Waals surface area contributed by atoms with Gasteiger partial charge in [0.1, 0.15) is 0 Å². The van der Waals surface area contributed by atoms with Gasteiger partial charge in [0.2, 0.25) is 0 Å². The minimum Gasteiger partial charge on any atom is -0.313 e. The van der Waals surface area contributed by atoms with E-state index >= 15 is 0 Å². The van der Waals surface area contributed by atoms with Gasteiger partial charge in [-0.3, -0.25) is 0 Å². The van der Waals surface area contributed by atoms with Gasteiger partial charge in [-0.1, -0.05) is 36.4 Å². The number of benzene rings is 1. The summed E-state index contributed by atoms with van der Waals surface area (Å²) in [5.74, 6) is 0. The van der Waals surface area contributed by atoms with Gasteiger partial charge in [0.25, 0.3) is 0 Å². The Kier molecular flexibility index (Phi) is 4.66. The lowest BCUT2D eigenvalue weighted by Crippen LogP contribution is -2.34. The van der Waals surface area contributed by atoms with Crippen LogP contribution in [-0.4, -0.2) is 23.1 Å². The molecule has 3 heteroatoms. The van der Waals surface area contributed by atoms with Crippen LogP contribution in [0.15, 0.2) is 42.6 Å². The average molecular weight is 225 g/mol. The summed E-state index contributed by atoms with van der Waals surface area (Å²) in [6.45, 7) is 5.25. The van der Waals surface area contributed by atoms with Gasteiger partial charge >= 0.3 is 0 Å². The number of rotatable bonds is 3. The van der Waals surface area contributed by atoms with Gasteiger partial charge in [0.15, 0.2) is 0 Å². The maximum atomic E-state index is 2.34. The molecule has 1 aromatic carbocycles. The summed E-state index contributed by atoms with van der Waals surface area (Å²) >= 11 is 0. The molecule has 0 N–H and O–H groups in total. The lowest BCUT2D eigenvalue weighted by Gasteiger charge is -2.27. The normalized spacial score (nSPS) is 15.4. The summed E-state index contributed by atoms with van der Waals surface area (Å²) in [4.78, 5) is 0. The zero-order chi connectivity index (χ0) is 9.80. The monoisotopic (exact) mass is 224 g/mol. The lowest BCUT2D eigenvalue weighted by molar-refractivity contribution is 0.0488. The topological polar surface area (TPSA) is 6.48 Å². The Balaban J connectivity index is 0.00000112. The van der Waals surface area contributed by atoms with Crippen LogP contribution >= 0.6 is 12.4 Å². The molecular formula is C12H17ClN2. The molecule has 2 nitrogen and oxygen atoms in total. The molecule has 0 saturated heterocycles. The summed E-state index contributed by atoms with van der Waals surface area (Å²) in [5.41, 5.74) is 1.37. The van der Waals surface area contributed by atoms with E-state index in [0.29, 0.717) is 0 Å². The van der Waals surface area contributed by atoms with Crippen molar-refractivity contribution in [2.45, 2.75) is 13.5 Å². The van der Waals surface area contributed by atoms with Gasteiger partial charge in [0, 0.05) is 25.8 Å². The highest BCUT2D eigenvalue weighted by molar-refractivity contribution is 5.85. The molecule has 0 bridgehead atoms. The number of nitrogens with zero attached hydrogens (tertiary/aromatic N) is 2. The molecule has 1 aromatic rings. The Morgan fingerprint density at radius 1 is 1.20 bits per heavy atom. The molecule has 0 saturated carbocycles. The summed E-state index contributed by atoms with van der Waals surface area (Å²) in [6.07, 6.45) is 4.36. The molecule has 82 valence electrons. The van der Waals surface area contributed by atoms with Gasteiger partial charge in [-0.05, 0) is 12.5 Å². The van der Waals surface area contributed by atoms with Crippen LogP contribution in [0.4, 0.5) is 0 Å². The van der Waals surface area contributed by atoms with E-state index in [-0.39, 0.29) is 12.4 Å². The molecule has 2 rings (SSSR count). The van der Waals surface area contributed by atoms with Crippen molar-refractivity contribution >= 4 is 12.4 Å². The van der Waals surface area contributed by atoms with Crippen molar-refractivity contribution in [3.05, 3.63) is 48.2 Å². The van der Waals surface area contributed by atoms with Crippen molar-refractivity contribution in [3.63, 3.8) is 0 Å². The Labute approximate surface area is 97.6 Å². The molecular weight excluding hydrogens is 208 g/mol. The van der Waals surface area contributed by atoms with E-state index in [9.17, 15) is 0 Å². The molecule has 0 spiro atoms. The van der Waals surface area contributed by atoms with Crippen molar-refractivity contribution in [3.8, 4) is 0 Å². The molecule has 0 atom stereocenters. The summed E-state index contributed by atoms with van der Waals surface area (Å²) in [5, 5.41) is 4.60. The van der Waals surface area contributed by atoms with Gasteiger partial charge in [-0.25, -0.2) is 5.01 Å². The van der Waals surface area contributed by atoms with Crippen LogP contribution in [0.2, 0.25) is 0 Å². The van der Waals surface area contributed by atoms with Crippen molar-refractivity contribution < 1.29 is 0 Å². The maximum absolute atomic E-state index is 2.34. The first-order valence-corrected chi connectivity index (χ1v) is 5.12. The van der Waals surface area contributed by atoms with Gasteiger partial charge in [0.05, 0.1) is 0 Å². The Morgan fingerprint density at radius 3 is 2.60 bits per heavy atom. The number of hydrogen-bond acceptors (Lipinski definition) is 2. The van der Waals surface area contributed by atoms with E-state index in [4.69, 9.17) is 0 Å². The summed E-state index contributed by atoms with van der Waals surface area (Å²) in [6, 6.07) is 10.6. The minimum absolute atomic E-state index is 0. The quantitative estimate of drug-likeness (QED) is 0.779. The maximum Gasteiger partial charge on any atom is 0.0435 e. The van der Waals surface area contributed by atoms with E-state index in [1.54, 1.807) is 0 Å². The second-order valence-corrected chi connectivity index (χ2v) is 3.47. The number of hydrogen-bond donors (Lipinski definition) is 0. The van der Waals surface area contributed by atoms with Crippen LogP contribution in [0.25, 0.3) is 0 Å². The van der Waals surface area contributed by atoms with E-state index in [0.717, 1.165) is 19.6 Å². The molecule has 0 fully saturated rings. The van der Waals surface area contributed by atoms with Crippen molar-refractivity contribution in [2.24, 2.45) is 0 Å². The lowest BCUT2D eigenvalue weighted by atomic mass is 10.2. The van der Waals surface area contributed by atoms with Crippen LogP contribution in [0, 0.1) is 0 Å². The third-order valence-corrected chi connectivity index (χ3v) is 2.49. The fourth-order valence-electron chi connectivity index (χ4n) is 1.74. The molecule has 1 aliphatic heterocycles. The highest BCUT2D eigenvalue weighted by Gasteiger charge is 2.13. The first-order chi connectivity index (χ1) is 6.90. The van der Waals surface area contributed by atoms with E-state index in [2.05, 4.69) is 59.5 Å².